The maximum Gasteiger partial charge on any atom is 0.0674 e. The number of rotatable bonds is 4. The van der Waals surface area contributed by atoms with E-state index in [-0.39, 0.29) is 11.3 Å². The highest BCUT2D eigenvalue weighted by Gasteiger charge is 2.35. The van der Waals surface area contributed by atoms with Gasteiger partial charge in [0.15, 0.2) is 0 Å². The number of likely N-dealkylation sites (tertiary alicyclic amines) is 1. The molecule has 86 valence electrons. The van der Waals surface area contributed by atoms with E-state index in [2.05, 4.69) is 24.8 Å². The molecule has 0 aromatic rings. The summed E-state index contributed by atoms with van der Waals surface area (Å²) < 4.78 is 5.04. The lowest BCUT2D eigenvalue weighted by molar-refractivity contribution is 0.0822. The summed E-state index contributed by atoms with van der Waals surface area (Å²) in [5.74, 6) is 0.175. The standard InChI is InChI=1S/C12H22N2O/c1-12(2)5-7-14(6-4-8-15-3)10-11(12)9-13/h11H,4-8,10H2,1-3H3. The molecule has 1 fully saturated rings. The van der Waals surface area contributed by atoms with Gasteiger partial charge in [-0.15, -0.1) is 0 Å². The molecule has 0 aromatic carbocycles. The molecule has 0 aliphatic carbocycles. The van der Waals surface area contributed by atoms with E-state index >= 15 is 0 Å². The lowest BCUT2D eigenvalue weighted by Gasteiger charge is -2.40. The van der Waals surface area contributed by atoms with Crippen LogP contribution in [0.4, 0.5) is 0 Å². The highest BCUT2D eigenvalue weighted by Crippen LogP contribution is 2.34. The predicted molar refractivity (Wildman–Crippen MR) is 60.4 cm³/mol. The highest BCUT2D eigenvalue weighted by atomic mass is 16.5. The monoisotopic (exact) mass is 210 g/mol. The number of methoxy groups -OCH3 is 1. The lowest BCUT2D eigenvalue weighted by Crippen LogP contribution is -2.44. The molecule has 1 aliphatic heterocycles. The van der Waals surface area contributed by atoms with E-state index in [1.54, 1.807) is 7.11 Å². The Balaban J connectivity index is 2.37. The van der Waals surface area contributed by atoms with Crippen LogP contribution in [-0.2, 0) is 4.74 Å². The minimum atomic E-state index is 0.175. The van der Waals surface area contributed by atoms with Gasteiger partial charge >= 0.3 is 0 Å². The first-order chi connectivity index (χ1) is 7.10. The third-order valence-corrected chi connectivity index (χ3v) is 3.44. The first kappa shape index (κ1) is 12.5. The molecule has 1 aliphatic rings. The fourth-order valence-electron chi connectivity index (χ4n) is 2.07. The number of nitriles is 1. The number of hydrogen-bond donors (Lipinski definition) is 0. The molecule has 0 radical (unpaired) electrons. The average Bonchev–Trinajstić information content (AvgIpc) is 2.20. The summed E-state index contributed by atoms with van der Waals surface area (Å²) in [5, 5.41) is 9.11. The van der Waals surface area contributed by atoms with E-state index in [0.717, 1.165) is 39.1 Å². The van der Waals surface area contributed by atoms with Crippen LogP contribution in [0.1, 0.15) is 26.7 Å². The van der Waals surface area contributed by atoms with E-state index in [0.29, 0.717) is 0 Å². The van der Waals surface area contributed by atoms with E-state index in [1.807, 2.05) is 0 Å². The van der Waals surface area contributed by atoms with E-state index in [4.69, 9.17) is 10.00 Å². The van der Waals surface area contributed by atoms with Gasteiger partial charge in [0.2, 0.25) is 0 Å². The summed E-state index contributed by atoms with van der Waals surface area (Å²) in [6.45, 7) is 8.32. The van der Waals surface area contributed by atoms with Gasteiger partial charge in [-0.25, -0.2) is 0 Å². The molecule has 1 saturated heterocycles. The lowest BCUT2D eigenvalue weighted by atomic mass is 9.74. The summed E-state index contributed by atoms with van der Waals surface area (Å²) in [6.07, 6.45) is 2.19. The molecule has 0 amide bonds. The molecule has 0 bridgehead atoms. The average molecular weight is 210 g/mol. The van der Waals surface area contributed by atoms with Crippen LogP contribution < -0.4 is 0 Å². The maximum atomic E-state index is 9.11. The van der Waals surface area contributed by atoms with Gasteiger partial charge in [0, 0.05) is 26.8 Å². The van der Waals surface area contributed by atoms with Crippen molar-refractivity contribution in [2.24, 2.45) is 11.3 Å². The van der Waals surface area contributed by atoms with Crippen molar-refractivity contribution in [3.63, 3.8) is 0 Å². The molecule has 0 N–H and O–H groups in total. The van der Waals surface area contributed by atoms with Crippen molar-refractivity contribution in [2.75, 3.05) is 33.4 Å². The summed E-state index contributed by atoms with van der Waals surface area (Å²) in [5.41, 5.74) is 0.187. The molecule has 0 aromatic heterocycles. The van der Waals surface area contributed by atoms with Crippen LogP contribution in [0, 0.1) is 22.7 Å². The van der Waals surface area contributed by atoms with E-state index in [9.17, 15) is 0 Å². The molecule has 1 heterocycles. The summed E-state index contributed by atoms with van der Waals surface area (Å²) in [4.78, 5) is 2.39. The molecule has 1 atom stereocenters. The fraction of sp³-hybridized carbons (Fsp3) is 0.917. The van der Waals surface area contributed by atoms with E-state index < -0.39 is 0 Å². The second-order valence-electron chi connectivity index (χ2n) is 5.07. The van der Waals surface area contributed by atoms with Crippen molar-refractivity contribution >= 4 is 0 Å². The Morgan fingerprint density at radius 2 is 2.27 bits per heavy atom. The zero-order chi connectivity index (χ0) is 11.3. The van der Waals surface area contributed by atoms with Gasteiger partial charge < -0.3 is 9.64 Å². The van der Waals surface area contributed by atoms with E-state index in [1.165, 1.54) is 0 Å². The zero-order valence-corrected chi connectivity index (χ0v) is 10.1. The molecule has 1 rings (SSSR count). The highest BCUT2D eigenvalue weighted by molar-refractivity contribution is 4.98. The normalized spacial score (nSPS) is 26.1. The summed E-state index contributed by atoms with van der Waals surface area (Å²) in [7, 11) is 1.73. The Kier molecular flexibility index (Phi) is 4.56. The molecule has 0 saturated carbocycles. The summed E-state index contributed by atoms with van der Waals surface area (Å²) >= 11 is 0. The van der Waals surface area contributed by atoms with Crippen molar-refractivity contribution in [1.29, 1.82) is 5.26 Å². The number of nitrogens with zero attached hydrogens (tertiary/aromatic N) is 2. The van der Waals surface area contributed by atoms with Crippen molar-refractivity contribution in [1.82, 2.24) is 4.90 Å². The molecule has 15 heavy (non-hydrogen) atoms. The Hall–Kier alpha value is -0.590. The SMILES string of the molecule is COCCCN1CCC(C)(C)C(C#N)C1. The van der Waals surface area contributed by atoms with Crippen LogP contribution in [0.5, 0.6) is 0 Å². The third-order valence-electron chi connectivity index (χ3n) is 3.44. The smallest absolute Gasteiger partial charge is 0.0674 e. The van der Waals surface area contributed by atoms with Gasteiger partial charge in [0.25, 0.3) is 0 Å². The van der Waals surface area contributed by atoms with Crippen LogP contribution in [0.2, 0.25) is 0 Å². The van der Waals surface area contributed by atoms with Gasteiger partial charge in [-0.3, -0.25) is 0 Å². The first-order valence-corrected chi connectivity index (χ1v) is 5.71. The van der Waals surface area contributed by atoms with Gasteiger partial charge in [0.05, 0.1) is 12.0 Å². The second kappa shape index (κ2) is 5.48. The van der Waals surface area contributed by atoms with Gasteiger partial charge in [-0.2, -0.15) is 5.26 Å². The Morgan fingerprint density at radius 3 is 2.87 bits per heavy atom. The molecule has 3 nitrogen and oxygen atoms in total. The molecular weight excluding hydrogens is 188 g/mol. The Bertz CT molecular complexity index is 232. The molecular formula is C12H22N2O. The number of piperidine rings is 1. The van der Waals surface area contributed by atoms with Crippen molar-refractivity contribution in [3.8, 4) is 6.07 Å². The second-order valence-corrected chi connectivity index (χ2v) is 5.07. The number of hydrogen-bond acceptors (Lipinski definition) is 3. The fourth-order valence-corrected chi connectivity index (χ4v) is 2.07. The van der Waals surface area contributed by atoms with Crippen LogP contribution in [0.3, 0.4) is 0 Å². The minimum Gasteiger partial charge on any atom is -0.385 e. The largest absolute Gasteiger partial charge is 0.385 e. The zero-order valence-electron chi connectivity index (χ0n) is 10.1. The van der Waals surface area contributed by atoms with Crippen LogP contribution in [-0.4, -0.2) is 38.3 Å². The van der Waals surface area contributed by atoms with Crippen molar-refractivity contribution in [2.45, 2.75) is 26.7 Å². The van der Waals surface area contributed by atoms with Gasteiger partial charge in [-0.1, -0.05) is 13.8 Å². The van der Waals surface area contributed by atoms with Gasteiger partial charge in [-0.05, 0) is 24.8 Å². The van der Waals surface area contributed by atoms with Crippen molar-refractivity contribution < 1.29 is 4.74 Å². The third kappa shape index (κ3) is 3.48. The Morgan fingerprint density at radius 1 is 1.53 bits per heavy atom. The van der Waals surface area contributed by atoms with Crippen LogP contribution in [0.25, 0.3) is 0 Å². The predicted octanol–water partition coefficient (Wildman–Crippen LogP) is 1.89. The maximum absolute atomic E-state index is 9.11. The van der Waals surface area contributed by atoms with Gasteiger partial charge in [0.1, 0.15) is 0 Å². The van der Waals surface area contributed by atoms with Crippen LogP contribution >= 0.6 is 0 Å². The Labute approximate surface area is 93.0 Å². The quantitative estimate of drug-likeness (QED) is 0.665. The molecule has 1 unspecified atom stereocenters. The minimum absolute atomic E-state index is 0.175. The molecule has 0 spiro atoms. The molecule has 3 heteroatoms. The number of ether oxygens (including phenoxy) is 1. The van der Waals surface area contributed by atoms with Crippen LogP contribution in [0.15, 0.2) is 0 Å². The topological polar surface area (TPSA) is 36.3 Å². The first-order valence-electron chi connectivity index (χ1n) is 5.71. The van der Waals surface area contributed by atoms with Crippen molar-refractivity contribution in [3.05, 3.63) is 0 Å². The summed E-state index contributed by atoms with van der Waals surface area (Å²) in [6, 6.07) is 2.44.